The Balaban J connectivity index is 1.43. The molecule has 186 valence electrons. The van der Waals surface area contributed by atoms with Gasteiger partial charge in [0.1, 0.15) is 6.61 Å². The Bertz CT molecular complexity index is 1220. The molecule has 0 bridgehead atoms. The van der Waals surface area contributed by atoms with Gasteiger partial charge in [-0.25, -0.2) is 5.43 Å². The van der Waals surface area contributed by atoms with E-state index in [9.17, 15) is 4.79 Å². The minimum Gasteiger partial charge on any atom is -0.493 e. The average molecular weight is 548 g/mol. The highest BCUT2D eigenvalue weighted by molar-refractivity contribution is 9.10. The Hall–Kier alpha value is -3.58. The number of carbonyl (C=O) groups is 1. The summed E-state index contributed by atoms with van der Waals surface area (Å²) >= 11 is 3.45. The SMILES string of the molecule is C=CCc1cc(/C=N\NC(=O)c2ccc(N3CCCC3)cc2)cc(OC)c1OCc1ccc(Br)cc1. The average Bonchev–Trinajstić information content (AvgIpc) is 3.44. The minimum absolute atomic E-state index is 0.257. The number of benzene rings is 3. The Labute approximate surface area is 220 Å². The second-order valence-corrected chi connectivity index (χ2v) is 9.48. The van der Waals surface area contributed by atoms with Gasteiger partial charge in [0.05, 0.1) is 13.3 Å². The molecule has 3 aromatic carbocycles. The summed E-state index contributed by atoms with van der Waals surface area (Å²) in [6.07, 6.45) is 6.45. The third kappa shape index (κ3) is 6.55. The van der Waals surface area contributed by atoms with E-state index in [1.807, 2.05) is 66.7 Å². The maximum atomic E-state index is 12.6. The van der Waals surface area contributed by atoms with Crippen LogP contribution in [0.2, 0.25) is 0 Å². The Kier molecular flexibility index (Phi) is 8.79. The van der Waals surface area contributed by atoms with Crippen molar-refractivity contribution in [3.63, 3.8) is 0 Å². The van der Waals surface area contributed by atoms with Gasteiger partial charge in [-0.2, -0.15) is 5.10 Å². The normalized spacial score (nSPS) is 13.1. The van der Waals surface area contributed by atoms with Crippen molar-refractivity contribution >= 4 is 33.7 Å². The second kappa shape index (κ2) is 12.4. The number of allylic oxidation sites excluding steroid dienone is 1. The first kappa shape index (κ1) is 25.5. The second-order valence-electron chi connectivity index (χ2n) is 8.56. The van der Waals surface area contributed by atoms with Gasteiger partial charge in [-0.1, -0.05) is 34.1 Å². The number of rotatable bonds is 10. The Morgan fingerprint density at radius 3 is 2.50 bits per heavy atom. The number of anilines is 1. The highest BCUT2D eigenvalue weighted by Crippen LogP contribution is 2.34. The van der Waals surface area contributed by atoms with E-state index in [0.717, 1.165) is 39.9 Å². The molecule has 36 heavy (non-hydrogen) atoms. The largest absolute Gasteiger partial charge is 0.493 e. The van der Waals surface area contributed by atoms with E-state index in [1.54, 1.807) is 13.3 Å². The lowest BCUT2D eigenvalue weighted by Gasteiger charge is -2.17. The van der Waals surface area contributed by atoms with Crippen LogP contribution in [0.25, 0.3) is 0 Å². The number of hydrazone groups is 1. The van der Waals surface area contributed by atoms with Crippen molar-refractivity contribution in [1.29, 1.82) is 0 Å². The van der Waals surface area contributed by atoms with Gasteiger partial charge < -0.3 is 14.4 Å². The predicted molar refractivity (Wildman–Crippen MR) is 148 cm³/mol. The molecule has 0 atom stereocenters. The lowest BCUT2D eigenvalue weighted by molar-refractivity contribution is 0.0955. The van der Waals surface area contributed by atoms with E-state index >= 15 is 0 Å². The van der Waals surface area contributed by atoms with E-state index < -0.39 is 0 Å². The van der Waals surface area contributed by atoms with Crippen molar-refractivity contribution in [3.05, 3.63) is 100 Å². The molecule has 4 rings (SSSR count). The molecule has 0 aromatic heterocycles. The Morgan fingerprint density at radius 2 is 1.83 bits per heavy atom. The van der Waals surface area contributed by atoms with Crippen molar-refractivity contribution in [3.8, 4) is 11.5 Å². The summed E-state index contributed by atoms with van der Waals surface area (Å²) < 4.78 is 12.8. The molecular formula is C29H30BrN3O3. The quantitative estimate of drug-likeness (QED) is 0.188. The summed E-state index contributed by atoms with van der Waals surface area (Å²) in [6, 6.07) is 19.4. The summed E-state index contributed by atoms with van der Waals surface area (Å²) in [4.78, 5) is 14.9. The zero-order valence-corrected chi connectivity index (χ0v) is 22.0. The molecule has 0 radical (unpaired) electrons. The van der Waals surface area contributed by atoms with Crippen LogP contribution in [-0.2, 0) is 13.0 Å². The molecule has 1 amide bonds. The maximum Gasteiger partial charge on any atom is 0.271 e. The van der Waals surface area contributed by atoms with Crippen molar-refractivity contribution < 1.29 is 14.3 Å². The fourth-order valence-electron chi connectivity index (χ4n) is 4.15. The summed E-state index contributed by atoms with van der Waals surface area (Å²) in [7, 11) is 1.61. The smallest absolute Gasteiger partial charge is 0.271 e. The third-order valence-electron chi connectivity index (χ3n) is 6.02. The van der Waals surface area contributed by atoms with Gasteiger partial charge in [-0.15, -0.1) is 6.58 Å². The van der Waals surface area contributed by atoms with Crippen LogP contribution < -0.4 is 19.8 Å². The first-order chi connectivity index (χ1) is 17.6. The van der Waals surface area contributed by atoms with Crippen LogP contribution in [0.4, 0.5) is 5.69 Å². The van der Waals surface area contributed by atoms with Crippen LogP contribution >= 0.6 is 15.9 Å². The maximum absolute atomic E-state index is 12.6. The van der Waals surface area contributed by atoms with Crippen molar-refractivity contribution in [2.24, 2.45) is 5.10 Å². The molecule has 0 aliphatic carbocycles. The van der Waals surface area contributed by atoms with E-state index in [0.29, 0.717) is 30.1 Å². The first-order valence-corrected chi connectivity index (χ1v) is 12.7. The third-order valence-corrected chi connectivity index (χ3v) is 6.54. The lowest BCUT2D eigenvalue weighted by atomic mass is 10.1. The van der Waals surface area contributed by atoms with Gasteiger partial charge in [0, 0.05) is 34.4 Å². The molecule has 0 spiro atoms. The molecule has 1 aliphatic rings. The van der Waals surface area contributed by atoms with Crippen LogP contribution in [0.5, 0.6) is 11.5 Å². The Morgan fingerprint density at radius 1 is 1.11 bits per heavy atom. The number of carbonyl (C=O) groups excluding carboxylic acids is 1. The first-order valence-electron chi connectivity index (χ1n) is 11.9. The molecule has 1 fully saturated rings. The summed E-state index contributed by atoms with van der Waals surface area (Å²) in [5, 5.41) is 4.16. The highest BCUT2D eigenvalue weighted by atomic mass is 79.9. The van der Waals surface area contributed by atoms with Crippen molar-refractivity contribution in [2.45, 2.75) is 25.9 Å². The molecule has 3 aromatic rings. The number of nitrogens with one attached hydrogen (secondary N) is 1. The molecule has 0 saturated carbocycles. The molecule has 1 aliphatic heterocycles. The van der Waals surface area contributed by atoms with Crippen molar-refractivity contribution in [1.82, 2.24) is 5.43 Å². The van der Waals surface area contributed by atoms with Crippen LogP contribution in [0.3, 0.4) is 0 Å². The molecule has 1 saturated heterocycles. The monoisotopic (exact) mass is 547 g/mol. The van der Waals surface area contributed by atoms with Gasteiger partial charge in [0.25, 0.3) is 5.91 Å². The molecular weight excluding hydrogens is 518 g/mol. The van der Waals surface area contributed by atoms with E-state index in [4.69, 9.17) is 9.47 Å². The van der Waals surface area contributed by atoms with E-state index in [1.165, 1.54) is 12.8 Å². The summed E-state index contributed by atoms with van der Waals surface area (Å²) in [5.74, 6) is 1.00. The molecule has 1 heterocycles. The van der Waals surface area contributed by atoms with Crippen molar-refractivity contribution in [2.75, 3.05) is 25.1 Å². The van der Waals surface area contributed by atoms with Crippen LogP contribution in [-0.4, -0.2) is 32.3 Å². The fourth-order valence-corrected chi connectivity index (χ4v) is 4.41. The topological polar surface area (TPSA) is 63.2 Å². The number of nitrogens with zero attached hydrogens (tertiary/aromatic N) is 2. The lowest BCUT2D eigenvalue weighted by Crippen LogP contribution is -2.19. The number of halogens is 1. The molecule has 6 nitrogen and oxygen atoms in total. The number of ether oxygens (including phenoxy) is 2. The highest BCUT2D eigenvalue weighted by Gasteiger charge is 2.14. The van der Waals surface area contributed by atoms with Gasteiger partial charge in [0.15, 0.2) is 11.5 Å². The summed E-state index contributed by atoms with van der Waals surface area (Å²) in [6.45, 7) is 6.42. The fraction of sp³-hybridized carbons (Fsp3) is 0.241. The molecule has 1 N–H and O–H groups in total. The predicted octanol–water partition coefficient (Wildman–Crippen LogP) is 6.13. The standard InChI is InChI=1S/C29H30BrN3O3/c1-3-6-24-17-22(18-27(35-2)28(24)36-20-21-7-11-25(30)12-8-21)19-31-32-29(34)23-9-13-26(14-10-23)33-15-4-5-16-33/h3,7-14,17-19H,1,4-6,15-16,20H2,2H3,(H,32,34)/b31-19-. The van der Waals surface area contributed by atoms with Gasteiger partial charge in [-0.3, -0.25) is 4.79 Å². The number of hydrogen-bond acceptors (Lipinski definition) is 5. The van der Waals surface area contributed by atoms with Gasteiger partial charge in [0.2, 0.25) is 0 Å². The molecule has 0 unspecified atom stereocenters. The number of amides is 1. The minimum atomic E-state index is -0.257. The van der Waals surface area contributed by atoms with Crippen LogP contribution in [0.15, 0.2) is 82.9 Å². The zero-order chi connectivity index (χ0) is 25.3. The van der Waals surface area contributed by atoms with E-state index in [2.05, 4.69) is 37.9 Å². The van der Waals surface area contributed by atoms with Crippen LogP contribution in [0.1, 0.15) is 39.9 Å². The van der Waals surface area contributed by atoms with E-state index in [-0.39, 0.29) is 5.91 Å². The number of hydrogen-bond donors (Lipinski definition) is 1. The van der Waals surface area contributed by atoms with Crippen LogP contribution in [0, 0.1) is 0 Å². The zero-order valence-electron chi connectivity index (χ0n) is 20.4. The van der Waals surface area contributed by atoms with Gasteiger partial charge >= 0.3 is 0 Å². The number of methoxy groups -OCH3 is 1. The summed E-state index contributed by atoms with van der Waals surface area (Å²) in [5.41, 5.74) is 7.08. The molecule has 7 heteroatoms. The van der Waals surface area contributed by atoms with Gasteiger partial charge in [-0.05, 0) is 78.9 Å².